The van der Waals surface area contributed by atoms with Gasteiger partial charge in [-0.3, -0.25) is 14.9 Å². The van der Waals surface area contributed by atoms with Crippen LogP contribution in [0.5, 0.6) is 11.5 Å². The Balaban J connectivity index is 1.36. The summed E-state index contributed by atoms with van der Waals surface area (Å²) in [6.45, 7) is 0.0320. The zero-order valence-corrected chi connectivity index (χ0v) is 22.8. The minimum absolute atomic E-state index is 0.0320. The second-order valence-corrected chi connectivity index (χ2v) is 9.62. The molecule has 0 saturated heterocycles. The van der Waals surface area contributed by atoms with Crippen LogP contribution in [-0.4, -0.2) is 27.9 Å². The third-order valence-corrected chi connectivity index (χ3v) is 6.76. The van der Waals surface area contributed by atoms with Crippen LogP contribution in [0.1, 0.15) is 11.1 Å². The maximum absolute atomic E-state index is 13.5. The van der Waals surface area contributed by atoms with E-state index in [0.717, 1.165) is 5.39 Å². The van der Waals surface area contributed by atoms with E-state index in [1.165, 1.54) is 30.1 Å². The van der Waals surface area contributed by atoms with Crippen molar-refractivity contribution in [1.82, 2.24) is 9.66 Å². The largest absolute Gasteiger partial charge is 0.493 e. The molecule has 0 fully saturated rings. The lowest BCUT2D eigenvalue weighted by Gasteiger charge is -2.13. The van der Waals surface area contributed by atoms with Crippen molar-refractivity contribution in [3.05, 3.63) is 128 Å². The molecule has 2 aromatic heterocycles. The summed E-state index contributed by atoms with van der Waals surface area (Å²) in [5.41, 5.74) is 1.87. The van der Waals surface area contributed by atoms with Crippen LogP contribution in [0.4, 0.5) is 5.69 Å². The summed E-state index contributed by atoms with van der Waals surface area (Å²) in [5.74, 6) is 1.20. The molecule has 0 aliphatic carbocycles. The van der Waals surface area contributed by atoms with Crippen LogP contribution in [0.2, 0.25) is 5.02 Å². The van der Waals surface area contributed by atoms with Gasteiger partial charge >= 0.3 is 0 Å². The molecule has 6 aromatic rings. The van der Waals surface area contributed by atoms with Crippen LogP contribution in [0.25, 0.3) is 33.5 Å². The number of hydrogen-bond acceptors (Lipinski definition) is 8. The Kier molecular flexibility index (Phi) is 7.12. The minimum atomic E-state index is -0.471. The number of benzene rings is 4. The van der Waals surface area contributed by atoms with E-state index in [1.54, 1.807) is 42.5 Å². The molecular formula is C31H21ClN4O6. The van der Waals surface area contributed by atoms with Crippen LogP contribution in [0.3, 0.4) is 0 Å². The van der Waals surface area contributed by atoms with E-state index in [0.29, 0.717) is 39.1 Å². The van der Waals surface area contributed by atoms with Gasteiger partial charge in [0.1, 0.15) is 12.2 Å². The van der Waals surface area contributed by atoms with Crippen molar-refractivity contribution in [2.24, 2.45) is 5.10 Å². The smallest absolute Gasteiger partial charge is 0.282 e. The quantitative estimate of drug-likeness (QED) is 0.110. The average Bonchev–Trinajstić information content (AvgIpc) is 3.44. The molecule has 6 rings (SSSR count). The van der Waals surface area contributed by atoms with E-state index >= 15 is 0 Å². The molecule has 0 aliphatic rings. The first kappa shape index (κ1) is 26.7. The fraction of sp³-hybridized carbons (Fsp3) is 0.0645. The van der Waals surface area contributed by atoms with Crippen molar-refractivity contribution >= 4 is 45.4 Å². The Morgan fingerprint density at radius 2 is 1.86 bits per heavy atom. The van der Waals surface area contributed by atoms with Crippen molar-refractivity contribution in [3.63, 3.8) is 0 Å². The number of nitro groups is 1. The summed E-state index contributed by atoms with van der Waals surface area (Å²) < 4.78 is 18.6. The number of fused-ring (bicyclic) bond motifs is 2. The van der Waals surface area contributed by atoms with Crippen LogP contribution >= 0.6 is 11.6 Å². The Labute approximate surface area is 243 Å². The summed E-state index contributed by atoms with van der Waals surface area (Å²) in [6, 6.07) is 25.7. The van der Waals surface area contributed by atoms with Crippen molar-refractivity contribution in [2.45, 2.75) is 6.61 Å². The van der Waals surface area contributed by atoms with Crippen molar-refractivity contribution < 1.29 is 18.8 Å². The zero-order valence-electron chi connectivity index (χ0n) is 22.1. The van der Waals surface area contributed by atoms with E-state index in [1.807, 2.05) is 36.4 Å². The Hall–Kier alpha value is -5.48. The summed E-state index contributed by atoms with van der Waals surface area (Å²) in [6.07, 6.45) is 1.46. The van der Waals surface area contributed by atoms with E-state index in [4.69, 9.17) is 30.5 Å². The first-order valence-electron chi connectivity index (χ1n) is 12.7. The zero-order chi connectivity index (χ0) is 29.2. The lowest BCUT2D eigenvalue weighted by atomic mass is 10.2. The lowest BCUT2D eigenvalue weighted by Crippen LogP contribution is -2.20. The van der Waals surface area contributed by atoms with E-state index in [9.17, 15) is 14.9 Å². The highest BCUT2D eigenvalue weighted by atomic mass is 35.5. The SMILES string of the molecule is COc1cc(C=Nn2c(-c3cc4ccccc4o3)nc3ccccc3c2=O)cc(Cl)c1OCc1cccc([N+](=O)[O-])c1. The molecule has 0 aliphatic heterocycles. The van der Waals surface area contributed by atoms with Gasteiger partial charge in [0.2, 0.25) is 5.82 Å². The number of nitro benzene ring substituents is 1. The highest BCUT2D eigenvalue weighted by Gasteiger charge is 2.17. The Bertz CT molecular complexity index is 2030. The van der Waals surface area contributed by atoms with Crippen LogP contribution in [-0.2, 0) is 6.61 Å². The monoisotopic (exact) mass is 580 g/mol. The van der Waals surface area contributed by atoms with Gasteiger partial charge in [-0.15, -0.1) is 0 Å². The maximum Gasteiger partial charge on any atom is 0.282 e. The van der Waals surface area contributed by atoms with Gasteiger partial charge in [-0.05, 0) is 47.5 Å². The van der Waals surface area contributed by atoms with Crippen LogP contribution in [0.15, 0.2) is 105 Å². The summed E-state index contributed by atoms with van der Waals surface area (Å²) in [7, 11) is 1.46. The molecule has 0 bridgehead atoms. The molecule has 0 saturated carbocycles. The minimum Gasteiger partial charge on any atom is -0.493 e. The van der Waals surface area contributed by atoms with E-state index in [2.05, 4.69) is 5.10 Å². The third kappa shape index (κ3) is 5.18. The summed E-state index contributed by atoms with van der Waals surface area (Å²) in [4.78, 5) is 28.9. The number of methoxy groups -OCH3 is 1. The molecule has 0 amide bonds. The van der Waals surface area contributed by atoms with Crippen LogP contribution < -0.4 is 15.0 Å². The van der Waals surface area contributed by atoms with Crippen molar-refractivity contribution in [1.29, 1.82) is 0 Å². The molecular weight excluding hydrogens is 560 g/mol. The number of hydrogen-bond donors (Lipinski definition) is 0. The summed E-state index contributed by atoms with van der Waals surface area (Å²) >= 11 is 6.55. The number of halogens is 1. The molecule has 0 radical (unpaired) electrons. The van der Waals surface area contributed by atoms with Gasteiger partial charge in [0.25, 0.3) is 11.2 Å². The molecule has 11 heteroatoms. The molecule has 208 valence electrons. The van der Waals surface area contributed by atoms with Gasteiger partial charge in [-0.25, -0.2) is 4.98 Å². The number of nitrogens with zero attached hydrogens (tertiary/aromatic N) is 4. The fourth-order valence-electron chi connectivity index (χ4n) is 4.48. The summed E-state index contributed by atoms with van der Waals surface area (Å²) in [5, 5.41) is 17.1. The van der Waals surface area contributed by atoms with Gasteiger partial charge in [0.05, 0.1) is 34.2 Å². The number of para-hydroxylation sites is 2. The Morgan fingerprint density at radius 3 is 2.67 bits per heavy atom. The molecule has 10 nitrogen and oxygen atoms in total. The number of furan rings is 1. The van der Waals surface area contributed by atoms with Gasteiger partial charge in [-0.1, -0.05) is 54.1 Å². The second-order valence-electron chi connectivity index (χ2n) is 9.21. The van der Waals surface area contributed by atoms with E-state index < -0.39 is 4.92 Å². The highest BCUT2D eigenvalue weighted by molar-refractivity contribution is 6.32. The maximum atomic E-state index is 13.5. The topological polar surface area (TPSA) is 122 Å². The molecule has 2 heterocycles. The van der Waals surface area contributed by atoms with Gasteiger partial charge < -0.3 is 13.9 Å². The predicted molar refractivity (Wildman–Crippen MR) is 160 cm³/mol. The normalized spacial score (nSPS) is 11.4. The van der Waals surface area contributed by atoms with Crippen LogP contribution in [0, 0.1) is 10.1 Å². The molecule has 0 spiro atoms. The van der Waals surface area contributed by atoms with Gasteiger partial charge in [0.15, 0.2) is 17.3 Å². The molecule has 4 aromatic carbocycles. The number of aromatic nitrogens is 2. The lowest BCUT2D eigenvalue weighted by molar-refractivity contribution is -0.384. The van der Waals surface area contributed by atoms with Gasteiger partial charge in [-0.2, -0.15) is 9.78 Å². The number of rotatable bonds is 8. The molecule has 42 heavy (non-hydrogen) atoms. The first-order valence-corrected chi connectivity index (χ1v) is 13.1. The first-order chi connectivity index (χ1) is 20.4. The predicted octanol–water partition coefficient (Wildman–Crippen LogP) is 6.84. The van der Waals surface area contributed by atoms with Crippen molar-refractivity contribution in [3.8, 4) is 23.1 Å². The molecule has 0 unspecified atom stereocenters. The average molecular weight is 581 g/mol. The highest BCUT2D eigenvalue weighted by Crippen LogP contribution is 2.37. The van der Waals surface area contributed by atoms with E-state index in [-0.39, 0.29) is 34.5 Å². The second kappa shape index (κ2) is 11.2. The van der Waals surface area contributed by atoms with Crippen molar-refractivity contribution in [2.75, 3.05) is 7.11 Å². The fourth-order valence-corrected chi connectivity index (χ4v) is 4.75. The Morgan fingerprint density at radius 1 is 1.05 bits per heavy atom. The number of non-ortho nitro benzene ring substituents is 1. The number of ether oxygens (including phenoxy) is 2. The third-order valence-electron chi connectivity index (χ3n) is 6.48. The molecule has 0 N–H and O–H groups in total. The standard InChI is InChI=1S/C31H21ClN4O6/c1-40-27-15-20(14-24(32)29(27)41-18-19-7-6-9-22(13-19)36(38)39)17-33-35-30(28-16-21-8-2-5-12-26(21)42-28)34-25-11-4-3-10-23(25)31(35)37/h2-17H,18H2,1H3. The van der Waals surface area contributed by atoms with Gasteiger partial charge in [0, 0.05) is 17.5 Å². The molecule has 0 atom stereocenters.